The molecule has 0 heterocycles. The van der Waals surface area contributed by atoms with Crippen molar-refractivity contribution in [2.75, 3.05) is 13.6 Å². The first-order valence-corrected chi connectivity index (χ1v) is 5.61. The van der Waals surface area contributed by atoms with Crippen molar-refractivity contribution in [3.8, 4) is 0 Å². The zero-order valence-electron chi connectivity index (χ0n) is 10.1. The maximum atomic E-state index is 3.29. The molecular weight excluding hydrogens is 170 g/mol. The standard InChI is InChI=1S/C13H23N/c1-9(2)12-7-6-10(3)13(8-14-5)11(12)4/h6-7,9-10,13-14H,8H2,1-5H3. The first-order chi connectivity index (χ1) is 6.57. The molecule has 0 aliphatic heterocycles. The first kappa shape index (κ1) is 11.5. The van der Waals surface area contributed by atoms with Crippen LogP contribution in [0.5, 0.6) is 0 Å². The van der Waals surface area contributed by atoms with Gasteiger partial charge in [0, 0.05) is 6.54 Å². The van der Waals surface area contributed by atoms with E-state index >= 15 is 0 Å². The Morgan fingerprint density at radius 2 is 2.07 bits per heavy atom. The van der Waals surface area contributed by atoms with Crippen molar-refractivity contribution in [2.24, 2.45) is 17.8 Å². The van der Waals surface area contributed by atoms with E-state index in [4.69, 9.17) is 0 Å². The maximum absolute atomic E-state index is 3.29. The minimum atomic E-state index is 0.651. The van der Waals surface area contributed by atoms with Gasteiger partial charge in [-0.2, -0.15) is 0 Å². The Morgan fingerprint density at radius 1 is 1.43 bits per heavy atom. The molecule has 1 heteroatoms. The van der Waals surface area contributed by atoms with E-state index in [1.165, 1.54) is 5.57 Å². The Balaban J connectivity index is 2.90. The van der Waals surface area contributed by atoms with Crippen molar-refractivity contribution in [1.82, 2.24) is 5.32 Å². The second-order valence-electron chi connectivity index (χ2n) is 4.68. The quantitative estimate of drug-likeness (QED) is 0.726. The van der Waals surface area contributed by atoms with Gasteiger partial charge in [-0.1, -0.05) is 38.5 Å². The third-order valence-corrected chi connectivity index (χ3v) is 3.27. The molecule has 0 radical (unpaired) electrons. The van der Waals surface area contributed by atoms with Gasteiger partial charge in [0.05, 0.1) is 0 Å². The highest BCUT2D eigenvalue weighted by Gasteiger charge is 2.22. The molecule has 1 aliphatic carbocycles. The average Bonchev–Trinajstić information content (AvgIpc) is 2.11. The molecule has 14 heavy (non-hydrogen) atoms. The molecule has 0 spiro atoms. The molecule has 2 atom stereocenters. The van der Waals surface area contributed by atoms with Crippen LogP contribution in [-0.4, -0.2) is 13.6 Å². The molecule has 80 valence electrons. The summed E-state index contributed by atoms with van der Waals surface area (Å²) in [6.45, 7) is 10.2. The number of nitrogens with one attached hydrogen (secondary N) is 1. The third-order valence-electron chi connectivity index (χ3n) is 3.27. The fourth-order valence-electron chi connectivity index (χ4n) is 2.34. The second kappa shape index (κ2) is 4.79. The van der Waals surface area contributed by atoms with Gasteiger partial charge in [-0.15, -0.1) is 0 Å². The summed E-state index contributed by atoms with van der Waals surface area (Å²) in [6, 6.07) is 0. The molecule has 0 saturated carbocycles. The summed E-state index contributed by atoms with van der Waals surface area (Å²) in [5.41, 5.74) is 3.10. The van der Waals surface area contributed by atoms with Crippen molar-refractivity contribution in [3.63, 3.8) is 0 Å². The molecule has 1 nitrogen and oxygen atoms in total. The van der Waals surface area contributed by atoms with Gasteiger partial charge in [0.25, 0.3) is 0 Å². The van der Waals surface area contributed by atoms with E-state index in [0.29, 0.717) is 17.8 Å². The monoisotopic (exact) mass is 193 g/mol. The first-order valence-electron chi connectivity index (χ1n) is 5.61. The molecule has 0 aromatic carbocycles. The van der Waals surface area contributed by atoms with Crippen LogP contribution >= 0.6 is 0 Å². The van der Waals surface area contributed by atoms with E-state index in [2.05, 4.69) is 45.2 Å². The van der Waals surface area contributed by atoms with Gasteiger partial charge in [0.15, 0.2) is 0 Å². The molecule has 0 fully saturated rings. The SMILES string of the molecule is CNCC1C(C)=C(C(C)C)C=CC1C. The molecular formula is C13H23N. The van der Waals surface area contributed by atoms with Gasteiger partial charge in [0.2, 0.25) is 0 Å². The predicted octanol–water partition coefficient (Wildman–Crippen LogP) is 3.00. The van der Waals surface area contributed by atoms with Gasteiger partial charge in [-0.25, -0.2) is 0 Å². The lowest BCUT2D eigenvalue weighted by Gasteiger charge is -2.29. The van der Waals surface area contributed by atoms with E-state index in [9.17, 15) is 0 Å². The van der Waals surface area contributed by atoms with E-state index in [1.54, 1.807) is 5.57 Å². The van der Waals surface area contributed by atoms with E-state index < -0.39 is 0 Å². The van der Waals surface area contributed by atoms with Crippen LogP contribution < -0.4 is 5.32 Å². The van der Waals surface area contributed by atoms with Gasteiger partial charge in [0.1, 0.15) is 0 Å². The van der Waals surface area contributed by atoms with E-state index in [0.717, 1.165) is 6.54 Å². The topological polar surface area (TPSA) is 12.0 Å². The number of rotatable bonds is 3. The number of hydrogen-bond donors (Lipinski definition) is 1. The Hall–Kier alpha value is -0.560. The lowest BCUT2D eigenvalue weighted by atomic mass is 9.78. The van der Waals surface area contributed by atoms with E-state index in [1.807, 2.05) is 7.05 Å². The van der Waals surface area contributed by atoms with Gasteiger partial charge < -0.3 is 5.32 Å². The molecule has 1 rings (SSSR count). The summed E-state index contributed by atoms with van der Waals surface area (Å²) in [6.07, 6.45) is 4.67. The van der Waals surface area contributed by atoms with Crippen LogP contribution in [0.3, 0.4) is 0 Å². The molecule has 0 bridgehead atoms. The average molecular weight is 193 g/mol. The van der Waals surface area contributed by atoms with Crippen LogP contribution in [0.4, 0.5) is 0 Å². The Labute approximate surface area is 88.3 Å². The molecule has 1 aliphatic rings. The van der Waals surface area contributed by atoms with Crippen molar-refractivity contribution in [1.29, 1.82) is 0 Å². The van der Waals surface area contributed by atoms with Crippen LogP contribution in [0.2, 0.25) is 0 Å². The Bertz CT molecular complexity index is 248. The largest absolute Gasteiger partial charge is 0.319 e. The minimum Gasteiger partial charge on any atom is -0.319 e. The summed E-state index contributed by atoms with van der Waals surface area (Å²) in [4.78, 5) is 0. The minimum absolute atomic E-state index is 0.651. The molecule has 0 aromatic heterocycles. The van der Waals surface area contributed by atoms with Gasteiger partial charge in [-0.3, -0.25) is 0 Å². The molecule has 0 amide bonds. The van der Waals surface area contributed by atoms with Crippen molar-refractivity contribution < 1.29 is 0 Å². The zero-order chi connectivity index (χ0) is 10.7. The smallest absolute Gasteiger partial charge is 0.00195 e. The highest BCUT2D eigenvalue weighted by Crippen LogP contribution is 2.32. The van der Waals surface area contributed by atoms with Gasteiger partial charge in [-0.05, 0) is 37.3 Å². The fourth-order valence-corrected chi connectivity index (χ4v) is 2.34. The molecule has 0 aromatic rings. The van der Waals surface area contributed by atoms with Crippen LogP contribution in [0.1, 0.15) is 27.7 Å². The lowest BCUT2D eigenvalue weighted by molar-refractivity contribution is 0.449. The summed E-state index contributed by atoms with van der Waals surface area (Å²) in [5.74, 6) is 2.01. The normalized spacial score (nSPS) is 27.6. The number of hydrogen-bond acceptors (Lipinski definition) is 1. The van der Waals surface area contributed by atoms with E-state index in [-0.39, 0.29) is 0 Å². The van der Waals surface area contributed by atoms with Crippen molar-refractivity contribution in [3.05, 3.63) is 23.3 Å². The maximum Gasteiger partial charge on any atom is 0.00195 e. The lowest BCUT2D eigenvalue weighted by Crippen LogP contribution is -2.27. The molecule has 1 N–H and O–H groups in total. The summed E-state index contributed by atoms with van der Waals surface area (Å²) in [5, 5.41) is 3.29. The molecule has 2 unspecified atom stereocenters. The van der Waals surface area contributed by atoms with Crippen LogP contribution in [0, 0.1) is 17.8 Å². The Kier molecular flexibility index (Phi) is 3.94. The third kappa shape index (κ3) is 2.27. The summed E-state index contributed by atoms with van der Waals surface area (Å²) in [7, 11) is 2.04. The fraction of sp³-hybridized carbons (Fsp3) is 0.692. The highest BCUT2D eigenvalue weighted by molar-refractivity contribution is 5.33. The van der Waals surface area contributed by atoms with Crippen molar-refractivity contribution in [2.45, 2.75) is 27.7 Å². The van der Waals surface area contributed by atoms with Gasteiger partial charge >= 0.3 is 0 Å². The van der Waals surface area contributed by atoms with Crippen LogP contribution in [-0.2, 0) is 0 Å². The van der Waals surface area contributed by atoms with Crippen molar-refractivity contribution >= 4 is 0 Å². The Morgan fingerprint density at radius 3 is 2.57 bits per heavy atom. The summed E-state index contributed by atoms with van der Waals surface area (Å²) < 4.78 is 0. The zero-order valence-corrected chi connectivity index (χ0v) is 10.1. The number of allylic oxidation sites excluding steroid dienone is 3. The predicted molar refractivity (Wildman–Crippen MR) is 63.3 cm³/mol. The molecule has 0 saturated heterocycles. The van der Waals surface area contributed by atoms with Crippen LogP contribution in [0.15, 0.2) is 23.3 Å². The van der Waals surface area contributed by atoms with Crippen LogP contribution in [0.25, 0.3) is 0 Å². The summed E-state index contributed by atoms with van der Waals surface area (Å²) >= 11 is 0. The second-order valence-corrected chi connectivity index (χ2v) is 4.68. The highest BCUT2D eigenvalue weighted by atomic mass is 14.8.